The van der Waals surface area contributed by atoms with Gasteiger partial charge in [-0.1, -0.05) is 0 Å². The Morgan fingerprint density at radius 2 is 2.00 bits per heavy atom. The molecule has 1 saturated heterocycles. The lowest BCUT2D eigenvalue weighted by atomic mass is 9.97. The fourth-order valence-corrected chi connectivity index (χ4v) is 5.84. The molecule has 0 unspecified atom stereocenters. The highest BCUT2D eigenvalue weighted by atomic mass is 32.1. The van der Waals surface area contributed by atoms with Gasteiger partial charge in [-0.05, 0) is 52.2 Å². The Balaban J connectivity index is 1.70. The predicted molar refractivity (Wildman–Crippen MR) is 112 cm³/mol. The molecule has 1 aliphatic rings. The highest BCUT2D eigenvalue weighted by Crippen LogP contribution is 2.35. The Morgan fingerprint density at radius 3 is 2.67 bits per heavy atom. The van der Waals surface area contributed by atoms with Gasteiger partial charge in [-0.2, -0.15) is 0 Å². The molecular formula is C20H23N3O2S2. The number of hydrogen-bond donors (Lipinski definition) is 0. The van der Waals surface area contributed by atoms with Crippen molar-refractivity contribution in [2.75, 3.05) is 0 Å². The van der Waals surface area contributed by atoms with Gasteiger partial charge in [0.1, 0.15) is 11.4 Å². The molecule has 4 heterocycles. The zero-order valence-electron chi connectivity index (χ0n) is 15.8. The molecule has 0 N–H and O–H groups in total. The maximum Gasteiger partial charge on any atom is 0.263 e. The second kappa shape index (κ2) is 7.20. The Kier molecular flexibility index (Phi) is 4.90. The number of nitrogens with zero attached hydrogens (tertiary/aromatic N) is 3. The van der Waals surface area contributed by atoms with E-state index in [2.05, 4.69) is 31.8 Å². The Labute approximate surface area is 166 Å². The van der Waals surface area contributed by atoms with Crippen LogP contribution in [0.2, 0.25) is 0 Å². The lowest BCUT2D eigenvalue weighted by Crippen LogP contribution is -2.49. The third kappa shape index (κ3) is 3.34. The first kappa shape index (κ1) is 18.4. The van der Waals surface area contributed by atoms with Crippen LogP contribution in [0.5, 0.6) is 0 Å². The summed E-state index contributed by atoms with van der Waals surface area (Å²) in [7, 11) is 0. The van der Waals surface area contributed by atoms with Gasteiger partial charge in [0.05, 0.1) is 11.7 Å². The van der Waals surface area contributed by atoms with Crippen LogP contribution in [0, 0.1) is 6.92 Å². The Bertz CT molecular complexity index is 1040. The van der Waals surface area contributed by atoms with Crippen LogP contribution in [-0.2, 0) is 11.3 Å². The number of amides is 1. The first-order valence-corrected chi connectivity index (χ1v) is 11.0. The lowest BCUT2D eigenvalue weighted by Gasteiger charge is -2.39. The van der Waals surface area contributed by atoms with Gasteiger partial charge in [0.25, 0.3) is 5.56 Å². The third-order valence-corrected chi connectivity index (χ3v) is 7.27. The number of hydrogen-bond acceptors (Lipinski definition) is 5. The molecule has 0 aliphatic carbocycles. The van der Waals surface area contributed by atoms with Gasteiger partial charge in [-0.25, -0.2) is 4.98 Å². The Hall–Kier alpha value is -1.99. The maximum atomic E-state index is 13.1. The molecule has 0 spiro atoms. The van der Waals surface area contributed by atoms with Crippen LogP contribution < -0.4 is 5.56 Å². The molecule has 27 heavy (non-hydrogen) atoms. The molecule has 1 aliphatic heterocycles. The summed E-state index contributed by atoms with van der Waals surface area (Å²) < 4.78 is 1.47. The molecule has 7 heteroatoms. The fraction of sp³-hybridized carbons (Fsp3) is 0.450. The normalized spacial score (nSPS) is 20.3. The molecule has 5 nitrogen and oxygen atoms in total. The predicted octanol–water partition coefficient (Wildman–Crippen LogP) is 4.28. The molecule has 0 radical (unpaired) electrons. The quantitative estimate of drug-likeness (QED) is 0.658. The minimum Gasteiger partial charge on any atom is -0.336 e. The summed E-state index contributed by atoms with van der Waals surface area (Å²) in [6, 6.07) is 4.54. The molecule has 0 saturated carbocycles. The topological polar surface area (TPSA) is 55.2 Å². The van der Waals surface area contributed by atoms with Crippen molar-refractivity contribution in [3.05, 3.63) is 39.1 Å². The number of piperidine rings is 1. The van der Waals surface area contributed by atoms with E-state index in [1.54, 1.807) is 11.3 Å². The number of likely N-dealkylation sites (tertiary alicyclic amines) is 1. The van der Waals surface area contributed by atoms with Crippen molar-refractivity contribution in [2.45, 2.75) is 58.7 Å². The zero-order valence-corrected chi connectivity index (χ0v) is 17.4. The monoisotopic (exact) mass is 401 g/mol. The van der Waals surface area contributed by atoms with Crippen molar-refractivity contribution in [1.82, 2.24) is 14.5 Å². The van der Waals surface area contributed by atoms with Crippen LogP contribution >= 0.6 is 22.7 Å². The van der Waals surface area contributed by atoms with Gasteiger partial charge >= 0.3 is 0 Å². The number of carbonyl (C=O) groups is 1. The van der Waals surface area contributed by atoms with Gasteiger partial charge < -0.3 is 4.90 Å². The van der Waals surface area contributed by atoms with Crippen molar-refractivity contribution < 1.29 is 4.79 Å². The summed E-state index contributed by atoms with van der Waals surface area (Å²) in [5.74, 6) is 0.00157. The number of fused-ring (bicyclic) bond motifs is 1. The van der Waals surface area contributed by atoms with E-state index in [4.69, 9.17) is 0 Å². The summed E-state index contributed by atoms with van der Waals surface area (Å²) in [5, 5.41) is 2.61. The van der Waals surface area contributed by atoms with Gasteiger partial charge in [0.2, 0.25) is 5.91 Å². The van der Waals surface area contributed by atoms with Gasteiger partial charge in [-0.15, -0.1) is 22.7 Å². The van der Waals surface area contributed by atoms with E-state index in [9.17, 15) is 9.59 Å². The molecule has 142 valence electrons. The van der Waals surface area contributed by atoms with E-state index in [-0.39, 0.29) is 30.1 Å². The van der Waals surface area contributed by atoms with Crippen molar-refractivity contribution in [3.63, 3.8) is 0 Å². The minimum atomic E-state index is -0.132. The van der Waals surface area contributed by atoms with E-state index in [1.807, 2.05) is 16.3 Å². The van der Waals surface area contributed by atoms with Crippen LogP contribution in [0.15, 0.2) is 28.6 Å². The number of rotatable bonds is 3. The van der Waals surface area contributed by atoms with Crippen LogP contribution in [0.3, 0.4) is 0 Å². The molecule has 3 aromatic rings. The molecule has 1 amide bonds. The van der Waals surface area contributed by atoms with E-state index in [0.29, 0.717) is 5.39 Å². The largest absolute Gasteiger partial charge is 0.336 e. The van der Waals surface area contributed by atoms with E-state index in [0.717, 1.165) is 34.5 Å². The summed E-state index contributed by atoms with van der Waals surface area (Å²) in [6.45, 7) is 6.29. The molecule has 1 fully saturated rings. The number of thiophene rings is 2. The van der Waals surface area contributed by atoms with E-state index >= 15 is 0 Å². The average molecular weight is 402 g/mol. The summed E-state index contributed by atoms with van der Waals surface area (Å²) in [6.07, 6.45) is 4.71. The number of carbonyl (C=O) groups excluding carboxylic acids is 1. The first-order valence-electron chi connectivity index (χ1n) is 9.30. The molecule has 0 aromatic carbocycles. The second-order valence-corrected chi connectivity index (χ2v) is 9.49. The smallest absolute Gasteiger partial charge is 0.263 e. The van der Waals surface area contributed by atoms with Crippen molar-refractivity contribution in [1.29, 1.82) is 0 Å². The highest BCUT2D eigenvalue weighted by Gasteiger charge is 2.29. The van der Waals surface area contributed by atoms with Crippen LogP contribution in [0.1, 0.15) is 38.0 Å². The van der Waals surface area contributed by atoms with Crippen LogP contribution in [-0.4, -0.2) is 32.4 Å². The Morgan fingerprint density at radius 1 is 1.26 bits per heavy atom. The first-order chi connectivity index (χ1) is 13.0. The number of aryl methyl sites for hydroxylation is 1. The SMILES string of the molecule is Cc1ccc(-c2csc3ncn(CC(=O)N4[C@H](C)CCC[C@H]4C)c(=O)c23)s1. The van der Waals surface area contributed by atoms with Gasteiger partial charge in [-0.3, -0.25) is 14.2 Å². The van der Waals surface area contributed by atoms with E-state index < -0.39 is 0 Å². The van der Waals surface area contributed by atoms with Gasteiger partial charge in [0.15, 0.2) is 0 Å². The zero-order chi connectivity index (χ0) is 19.1. The summed E-state index contributed by atoms with van der Waals surface area (Å²) in [5.41, 5.74) is 0.792. The van der Waals surface area contributed by atoms with Crippen molar-refractivity contribution in [3.8, 4) is 10.4 Å². The minimum absolute atomic E-state index is 0.00157. The molecule has 2 atom stereocenters. The summed E-state index contributed by atoms with van der Waals surface area (Å²) in [4.78, 5) is 35.4. The van der Waals surface area contributed by atoms with Crippen molar-refractivity contribution in [2.24, 2.45) is 0 Å². The second-order valence-electron chi connectivity index (χ2n) is 7.35. The highest BCUT2D eigenvalue weighted by molar-refractivity contribution is 7.19. The summed E-state index contributed by atoms with van der Waals surface area (Å²) >= 11 is 3.14. The third-order valence-electron chi connectivity index (χ3n) is 5.35. The molecule has 4 rings (SSSR count). The molecule has 3 aromatic heterocycles. The average Bonchev–Trinajstić information content (AvgIpc) is 3.23. The van der Waals surface area contributed by atoms with E-state index in [1.165, 1.54) is 27.1 Å². The van der Waals surface area contributed by atoms with Crippen LogP contribution in [0.4, 0.5) is 0 Å². The van der Waals surface area contributed by atoms with Crippen molar-refractivity contribution >= 4 is 38.8 Å². The molecular weight excluding hydrogens is 378 g/mol. The lowest BCUT2D eigenvalue weighted by molar-refractivity contribution is -0.138. The fourth-order valence-electron chi connectivity index (χ4n) is 3.98. The number of aromatic nitrogens is 2. The van der Waals surface area contributed by atoms with Crippen LogP contribution in [0.25, 0.3) is 20.7 Å². The molecule has 0 bridgehead atoms. The standard InChI is InChI=1S/C20H23N3O2S2/c1-12-5-4-6-13(2)23(12)17(24)9-22-11-21-19-18(20(22)25)15(10-26-19)16-8-7-14(3)27-16/h7-8,10-13H,4-6,9H2,1-3H3/t12-,13-/m1/s1. The maximum absolute atomic E-state index is 13.1. The van der Waals surface area contributed by atoms with Gasteiger partial charge in [0, 0.05) is 32.8 Å².